The van der Waals surface area contributed by atoms with Gasteiger partial charge in [-0.3, -0.25) is 0 Å². The van der Waals surface area contributed by atoms with Crippen molar-refractivity contribution < 1.29 is 0 Å². The molecule has 0 amide bonds. The van der Waals surface area contributed by atoms with E-state index in [9.17, 15) is 0 Å². The molecule has 8 rings (SSSR count). The summed E-state index contributed by atoms with van der Waals surface area (Å²) in [5.41, 5.74) is 10.6. The normalized spacial score (nSPS) is 13.6. The van der Waals surface area contributed by atoms with E-state index in [1.165, 1.54) is 76.8 Å². The molecule has 7 aromatic rings. The van der Waals surface area contributed by atoms with E-state index in [-0.39, 0.29) is 5.41 Å². The van der Waals surface area contributed by atoms with Crippen molar-refractivity contribution in [2.24, 2.45) is 0 Å². The fraction of sp³-hybridized carbons (Fsp3) is 0.0769. The number of hydrogen-bond acceptors (Lipinski definition) is 0. The van der Waals surface area contributed by atoms with E-state index in [0.29, 0.717) is 0 Å². The van der Waals surface area contributed by atoms with Crippen LogP contribution >= 0.6 is 0 Å². The van der Waals surface area contributed by atoms with Crippen molar-refractivity contribution in [2.45, 2.75) is 19.3 Å². The van der Waals surface area contributed by atoms with Crippen molar-refractivity contribution in [1.82, 2.24) is 0 Å². The van der Waals surface area contributed by atoms with Crippen molar-refractivity contribution >= 4 is 32.3 Å². The van der Waals surface area contributed by atoms with Crippen LogP contribution in [0.15, 0.2) is 133 Å². The third-order valence-corrected chi connectivity index (χ3v) is 8.83. The molecule has 0 spiro atoms. The van der Waals surface area contributed by atoms with E-state index in [4.69, 9.17) is 0 Å². The third kappa shape index (κ3) is 3.12. The molecular weight excluding hydrogens is 468 g/mol. The molecule has 0 saturated carbocycles. The zero-order chi connectivity index (χ0) is 26.1. The predicted molar refractivity (Wildman–Crippen MR) is 167 cm³/mol. The van der Waals surface area contributed by atoms with Gasteiger partial charge in [0.2, 0.25) is 0 Å². The molecule has 0 N–H and O–H groups in total. The summed E-state index contributed by atoms with van der Waals surface area (Å²) in [6.45, 7) is 4.78. The number of hydrogen-bond donors (Lipinski definition) is 0. The highest BCUT2D eigenvalue weighted by Crippen LogP contribution is 2.54. The zero-order valence-corrected chi connectivity index (χ0v) is 22.2. The van der Waals surface area contributed by atoms with Gasteiger partial charge in [0.15, 0.2) is 0 Å². The monoisotopic (exact) mass is 496 g/mol. The molecule has 0 nitrogen and oxygen atoms in total. The maximum Gasteiger partial charge on any atom is 0.0159 e. The molecule has 0 aliphatic heterocycles. The van der Waals surface area contributed by atoms with Crippen LogP contribution in [0, 0.1) is 0 Å². The van der Waals surface area contributed by atoms with Crippen molar-refractivity contribution in [3.8, 4) is 33.4 Å². The summed E-state index contributed by atoms with van der Waals surface area (Å²) in [5.74, 6) is 0. The molecule has 0 saturated heterocycles. The van der Waals surface area contributed by atoms with Crippen LogP contribution in [0.4, 0.5) is 0 Å². The van der Waals surface area contributed by atoms with Gasteiger partial charge in [0.1, 0.15) is 0 Å². The lowest BCUT2D eigenvalue weighted by Crippen LogP contribution is -2.15. The Bertz CT molecular complexity index is 2060. The fourth-order valence-electron chi connectivity index (χ4n) is 7.01. The van der Waals surface area contributed by atoms with Crippen molar-refractivity contribution in [3.63, 3.8) is 0 Å². The fourth-order valence-corrected chi connectivity index (χ4v) is 7.01. The van der Waals surface area contributed by atoms with E-state index in [0.717, 1.165) is 0 Å². The minimum Gasteiger partial charge on any atom is -0.0622 e. The van der Waals surface area contributed by atoms with Crippen LogP contribution in [0.1, 0.15) is 25.0 Å². The highest BCUT2D eigenvalue weighted by Gasteiger charge is 2.37. The maximum atomic E-state index is 2.51. The largest absolute Gasteiger partial charge is 0.0622 e. The maximum absolute atomic E-state index is 2.51. The molecule has 0 heteroatoms. The summed E-state index contributed by atoms with van der Waals surface area (Å²) in [5, 5.41) is 7.87. The van der Waals surface area contributed by atoms with Crippen LogP contribution in [0.25, 0.3) is 65.7 Å². The predicted octanol–water partition coefficient (Wildman–Crippen LogP) is 10.8. The van der Waals surface area contributed by atoms with Gasteiger partial charge in [0.25, 0.3) is 0 Å². The molecular formula is C39H28. The van der Waals surface area contributed by atoms with Gasteiger partial charge >= 0.3 is 0 Å². The Morgan fingerprint density at radius 3 is 1.51 bits per heavy atom. The van der Waals surface area contributed by atoms with Gasteiger partial charge in [-0.15, -0.1) is 0 Å². The van der Waals surface area contributed by atoms with E-state index < -0.39 is 0 Å². The standard InChI is InChI=1S/C39H28/c1-39(2)34-22-21-25-13-9-10-18-28(25)38(34)33-23-31-32(24-35(33)39)37(27-16-7-4-8-17-27)30-20-12-11-19-29(30)36(31)26-14-5-3-6-15-26/h3-24H,1-2H3. The van der Waals surface area contributed by atoms with Gasteiger partial charge in [0.05, 0.1) is 0 Å². The molecule has 0 heterocycles. The number of benzene rings is 7. The molecule has 0 aromatic heterocycles. The van der Waals surface area contributed by atoms with Gasteiger partial charge in [-0.05, 0) is 89.0 Å². The molecule has 0 atom stereocenters. The smallest absolute Gasteiger partial charge is 0.0159 e. The highest BCUT2D eigenvalue weighted by molar-refractivity contribution is 6.23. The van der Waals surface area contributed by atoms with Gasteiger partial charge in [-0.1, -0.05) is 135 Å². The lowest BCUT2D eigenvalue weighted by atomic mass is 9.79. The van der Waals surface area contributed by atoms with Crippen molar-refractivity contribution in [1.29, 1.82) is 0 Å². The van der Waals surface area contributed by atoms with E-state index in [2.05, 4.69) is 147 Å². The van der Waals surface area contributed by atoms with Gasteiger partial charge in [0, 0.05) is 5.41 Å². The van der Waals surface area contributed by atoms with Gasteiger partial charge < -0.3 is 0 Å². The number of rotatable bonds is 2. The molecule has 39 heavy (non-hydrogen) atoms. The number of fused-ring (bicyclic) bond motifs is 7. The molecule has 7 aromatic carbocycles. The summed E-state index contributed by atoms with van der Waals surface area (Å²) in [6.07, 6.45) is 0. The minimum atomic E-state index is -0.0879. The Hall–Kier alpha value is -4.68. The van der Waals surface area contributed by atoms with E-state index in [1.807, 2.05) is 0 Å². The SMILES string of the molecule is CC1(C)c2cc3c(-c4ccccc4)c4ccccc4c(-c4ccccc4)c3cc2-c2c1ccc1ccccc21. The van der Waals surface area contributed by atoms with E-state index in [1.54, 1.807) is 0 Å². The minimum absolute atomic E-state index is 0.0879. The third-order valence-electron chi connectivity index (χ3n) is 8.83. The molecule has 184 valence electrons. The second-order valence-electron chi connectivity index (χ2n) is 11.3. The lowest BCUT2D eigenvalue weighted by Gasteiger charge is -2.24. The molecule has 1 aliphatic rings. The molecule has 0 fully saturated rings. The van der Waals surface area contributed by atoms with Crippen LogP contribution in [0.3, 0.4) is 0 Å². The zero-order valence-electron chi connectivity index (χ0n) is 22.2. The second-order valence-corrected chi connectivity index (χ2v) is 11.3. The van der Waals surface area contributed by atoms with Crippen molar-refractivity contribution in [2.75, 3.05) is 0 Å². The molecule has 0 bridgehead atoms. The lowest BCUT2D eigenvalue weighted by molar-refractivity contribution is 0.661. The van der Waals surface area contributed by atoms with Gasteiger partial charge in [-0.2, -0.15) is 0 Å². The Morgan fingerprint density at radius 1 is 0.385 bits per heavy atom. The van der Waals surface area contributed by atoms with Crippen LogP contribution in [0.2, 0.25) is 0 Å². The topological polar surface area (TPSA) is 0 Å². The Morgan fingerprint density at radius 2 is 0.897 bits per heavy atom. The highest BCUT2D eigenvalue weighted by atomic mass is 14.4. The average Bonchev–Trinajstić information content (AvgIpc) is 3.21. The summed E-state index contributed by atoms with van der Waals surface area (Å²) >= 11 is 0. The molecule has 0 unspecified atom stereocenters. The van der Waals surface area contributed by atoms with Gasteiger partial charge in [-0.25, -0.2) is 0 Å². The summed E-state index contributed by atoms with van der Waals surface area (Å²) in [7, 11) is 0. The van der Waals surface area contributed by atoms with E-state index >= 15 is 0 Å². The van der Waals surface area contributed by atoms with Crippen LogP contribution in [-0.4, -0.2) is 0 Å². The second kappa shape index (κ2) is 8.16. The Labute approximate surface area is 229 Å². The summed E-state index contributed by atoms with van der Waals surface area (Å²) in [4.78, 5) is 0. The Kier molecular flexibility index (Phi) is 4.67. The van der Waals surface area contributed by atoms with Crippen LogP contribution in [-0.2, 0) is 5.41 Å². The van der Waals surface area contributed by atoms with Crippen molar-refractivity contribution in [3.05, 3.63) is 145 Å². The first-order valence-electron chi connectivity index (χ1n) is 13.8. The first kappa shape index (κ1) is 22.3. The molecule has 0 radical (unpaired) electrons. The first-order chi connectivity index (χ1) is 19.1. The molecule has 1 aliphatic carbocycles. The van der Waals surface area contributed by atoms with Crippen LogP contribution in [0.5, 0.6) is 0 Å². The summed E-state index contributed by atoms with van der Waals surface area (Å²) < 4.78 is 0. The van der Waals surface area contributed by atoms with Crippen LogP contribution < -0.4 is 0 Å². The average molecular weight is 497 g/mol. The quantitative estimate of drug-likeness (QED) is 0.209. The summed E-state index contributed by atoms with van der Waals surface area (Å²) in [6, 6.07) is 49.3. The first-order valence-corrected chi connectivity index (χ1v) is 13.8. The Balaban J connectivity index is 1.61.